The van der Waals surface area contributed by atoms with Crippen LogP contribution >= 0.6 is 0 Å². The lowest BCUT2D eigenvalue weighted by atomic mass is 9.90. The normalized spacial score (nSPS) is 11.5. The molecule has 0 fully saturated rings. The second-order valence-electron chi connectivity index (χ2n) is 17.7. The fourth-order valence-corrected chi connectivity index (χ4v) is 10.4. The first-order valence-electron chi connectivity index (χ1n) is 23.6. The summed E-state index contributed by atoms with van der Waals surface area (Å²) >= 11 is 0. The van der Waals surface area contributed by atoms with Gasteiger partial charge >= 0.3 is 0 Å². The van der Waals surface area contributed by atoms with E-state index in [4.69, 9.17) is 4.42 Å². The van der Waals surface area contributed by atoms with Crippen LogP contribution in [0.25, 0.3) is 105 Å². The number of anilines is 3. The molecule has 0 aliphatic rings. The Kier molecular flexibility index (Phi) is 9.84. The van der Waals surface area contributed by atoms with Crippen molar-refractivity contribution < 1.29 is 4.42 Å². The van der Waals surface area contributed by atoms with Crippen LogP contribution in [-0.2, 0) is 0 Å². The summed E-state index contributed by atoms with van der Waals surface area (Å²) in [7, 11) is 0. The van der Waals surface area contributed by atoms with Gasteiger partial charge in [-0.15, -0.1) is 0 Å². The Morgan fingerprint density at radius 3 is 1.29 bits per heavy atom. The summed E-state index contributed by atoms with van der Waals surface area (Å²) in [5, 5.41) is 4.69. The van der Waals surface area contributed by atoms with Gasteiger partial charge in [-0.1, -0.05) is 176 Å². The lowest BCUT2D eigenvalue weighted by molar-refractivity contribution is 0.669. The number of hydrogen-bond acceptors (Lipinski definition) is 2. The molecule has 0 unspecified atom stereocenters. The number of nitrogens with zero attached hydrogens (tertiary/aromatic N) is 2. The Balaban J connectivity index is 0.976. The third-order valence-corrected chi connectivity index (χ3v) is 13.6. The quantitative estimate of drug-likeness (QED) is 0.144. The van der Waals surface area contributed by atoms with Gasteiger partial charge in [0.05, 0.1) is 11.0 Å². The number of para-hydroxylation sites is 3. The highest BCUT2D eigenvalue weighted by molar-refractivity contribution is 6.17. The predicted octanol–water partition coefficient (Wildman–Crippen LogP) is 18.5. The molecular formula is C66H44N2O. The van der Waals surface area contributed by atoms with Crippen LogP contribution in [0.4, 0.5) is 17.1 Å². The van der Waals surface area contributed by atoms with E-state index in [1.54, 1.807) is 0 Å². The Hall–Kier alpha value is -9.18. The van der Waals surface area contributed by atoms with E-state index in [2.05, 4.69) is 270 Å². The van der Waals surface area contributed by atoms with Gasteiger partial charge in [0, 0.05) is 44.3 Å². The molecule has 0 aliphatic carbocycles. The molecule has 3 nitrogen and oxygen atoms in total. The fourth-order valence-electron chi connectivity index (χ4n) is 10.4. The van der Waals surface area contributed by atoms with Crippen molar-refractivity contribution in [1.82, 2.24) is 4.57 Å². The van der Waals surface area contributed by atoms with Gasteiger partial charge in [-0.05, 0) is 147 Å². The molecule has 0 amide bonds. The van der Waals surface area contributed by atoms with Gasteiger partial charge in [-0.3, -0.25) is 0 Å². The number of rotatable bonds is 9. The molecule has 2 heterocycles. The van der Waals surface area contributed by atoms with Crippen molar-refractivity contribution in [2.24, 2.45) is 0 Å². The molecule has 0 N–H and O–H groups in total. The molecule has 0 bridgehead atoms. The first kappa shape index (κ1) is 40.1. The Morgan fingerprint density at radius 2 is 0.696 bits per heavy atom. The summed E-state index contributed by atoms with van der Waals surface area (Å²) in [6.45, 7) is 0. The molecule has 11 aromatic carbocycles. The number of hydrogen-bond donors (Lipinski definition) is 0. The average Bonchev–Trinajstić information content (AvgIpc) is 3.98. The number of furan rings is 1. The maximum Gasteiger partial charge on any atom is 0.136 e. The Morgan fingerprint density at radius 1 is 0.275 bits per heavy atom. The summed E-state index contributed by atoms with van der Waals surface area (Å²) in [5.41, 5.74) is 20.1. The molecule has 0 atom stereocenters. The van der Waals surface area contributed by atoms with Crippen LogP contribution in [0, 0.1) is 0 Å². The lowest BCUT2D eigenvalue weighted by Crippen LogP contribution is -2.09. The van der Waals surface area contributed by atoms with Crippen LogP contribution in [0.5, 0.6) is 0 Å². The van der Waals surface area contributed by atoms with E-state index in [0.717, 1.165) is 72.5 Å². The maximum atomic E-state index is 6.45. The second kappa shape index (κ2) is 16.9. The highest BCUT2D eigenvalue weighted by atomic mass is 16.3. The van der Waals surface area contributed by atoms with Crippen LogP contribution in [0.1, 0.15) is 0 Å². The Bertz CT molecular complexity index is 3880. The summed E-state index contributed by atoms with van der Waals surface area (Å²) in [5.74, 6) is 0. The second-order valence-corrected chi connectivity index (χ2v) is 17.7. The average molecular weight is 881 g/mol. The summed E-state index contributed by atoms with van der Waals surface area (Å²) in [4.78, 5) is 2.35. The summed E-state index contributed by atoms with van der Waals surface area (Å²) in [6.07, 6.45) is 0. The zero-order valence-corrected chi connectivity index (χ0v) is 37.7. The van der Waals surface area contributed by atoms with Crippen LogP contribution in [0.3, 0.4) is 0 Å². The molecule has 13 rings (SSSR count). The van der Waals surface area contributed by atoms with Crippen LogP contribution in [0.15, 0.2) is 271 Å². The topological polar surface area (TPSA) is 21.3 Å². The van der Waals surface area contributed by atoms with Gasteiger partial charge in [0.1, 0.15) is 11.2 Å². The first-order valence-corrected chi connectivity index (χ1v) is 23.6. The molecule has 69 heavy (non-hydrogen) atoms. The summed E-state index contributed by atoms with van der Waals surface area (Å²) < 4.78 is 8.85. The van der Waals surface area contributed by atoms with E-state index in [1.165, 1.54) is 49.6 Å². The molecule has 0 saturated heterocycles. The van der Waals surface area contributed by atoms with Crippen LogP contribution in [0.2, 0.25) is 0 Å². The maximum absolute atomic E-state index is 6.45. The number of fused-ring (bicyclic) bond motifs is 6. The minimum Gasteiger partial charge on any atom is -0.456 e. The molecule has 0 spiro atoms. The fraction of sp³-hybridized carbons (Fsp3) is 0. The van der Waals surface area contributed by atoms with Crippen molar-refractivity contribution in [1.29, 1.82) is 0 Å². The highest BCUT2D eigenvalue weighted by Crippen LogP contribution is 2.44. The SMILES string of the molecule is c1ccc(-c2ccc(N(c3ccc(-c4ccccc4)cc3)c3ccc(-c4cc(-c5cccc6oc7ccccc7c56)cc(-c5cccc6c5c5ccccc5n6-c5ccccc5)c4)cc3)cc2)cc1. The van der Waals surface area contributed by atoms with E-state index < -0.39 is 0 Å². The van der Waals surface area contributed by atoms with Gasteiger partial charge in [0.15, 0.2) is 0 Å². The van der Waals surface area contributed by atoms with Gasteiger partial charge in [-0.25, -0.2) is 0 Å². The molecule has 3 heteroatoms. The molecular weight excluding hydrogens is 837 g/mol. The van der Waals surface area contributed by atoms with Crippen molar-refractivity contribution in [2.75, 3.05) is 4.90 Å². The van der Waals surface area contributed by atoms with Crippen molar-refractivity contribution >= 4 is 60.8 Å². The third kappa shape index (κ3) is 7.16. The van der Waals surface area contributed by atoms with Gasteiger partial charge in [0.2, 0.25) is 0 Å². The standard InChI is InChI=1S/C66H44N2O/c1-4-16-45(17-5-1)47-30-36-54(37-31-47)67(55-38-32-48(33-39-55)46-18-6-2-7-19-46)56-40-34-49(35-41-56)50-42-51(44-52(43-50)58-25-15-29-64-66(58)60-23-11-13-28-63(60)69-64)57-24-14-27-62-65(57)59-22-10-12-26-61(59)68(62)53-20-8-3-9-21-53/h1-44H. The van der Waals surface area contributed by atoms with Crippen molar-refractivity contribution in [3.63, 3.8) is 0 Å². The first-order chi connectivity index (χ1) is 34.2. The zero-order chi connectivity index (χ0) is 45.7. The molecule has 0 saturated carbocycles. The Labute approximate surface area is 401 Å². The van der Waals surface area contributed by atoms with Crippen molar-refractivity contribution in [3.8, 4) is 61.3 Å². The van der Waals surface area contributed by atoms with E-state index in [-0.39, 0.29) is 0 Å². The molecule has 2 aromatic heterocycles. The molecule has 0 aliphatic heterocycles. The van der Waals surface area contributed by atoms with E-state index in [9.17, 15) is 0 Å². The van der Waals surface area contributed by atoms with Gasteiger partial charge < -0.3 is 13.9 Å². The number of benzene rings is 11. The molecule has 13 aromatic rings. The summed E-state index contributed by atoms with van der Waals surface area (Å²) in [6, 6.07) is 96.1. The van der Waals surface area contributed by atoms with Crippen molar-refractivity contribution in [3.05, 3.63) is 267 Å². The monoisotopic (exact) mass is 880 g/mol. The van der Waals surface area contributed by atoms with Crippen LogP contribution in [-0.4, -0.2) is 4.57 Å². The number of aromatic nitrogens is 1. The van der Waals surface area contributed by atoms with E-state index >= 15 is 0 Å². The highest BCUT2D eigenvalue weighted by Gasteiger charge is 2.20. The minimum absolute atomic E-state index is 0.881. The third-order valence-electron chi connectivity index (χ3n) is 13.6. The van der Waals surface area contributed by atoms with Gasteiger partial charge in [0.25, 0.3) is 0 Å². The van der Waals surface area contributed by atoms with E-state index in [1.807, 2.05) is 6.07 Å². The lowest BCUT2D eigenvalue weighted by Gasteiger charge is -2.26. The van der Waals surface area contributed by atoms with Crippen LogP contribution < -0.4 is 4.90 Å². The minimum atomic E-state index is 0.881. The molecule has 0 radical (unpaired) electrons. The van der Waals surface area contributed by atoms with Crippen molar-refractivity contribution in [2.45, 2.75) is 0 Å². The van der Waals surface area contributed by atoms with E-state index in [0.29, 0.717) is 0 Å². The largest absolute Gasteiger partial charge is 0.456 e. The smallest absolute Gasteiger partial charge is 0.136 e. The zero-order valence-electron chi connectivity index (χ0n) is 37.7. The predicted molar refractivity (Wildman–Crippen MR) is 290 cm³/mol. The molecule has 324 valence electrons. The van der Waals surface area contributed by atoms with Gasteiger partial charge in [-0.2, -0.15) is 0 Å².